The van der Waals surface area contributed by atoms with Crippen LogP contribution < -0.4 is 10.1 Å². The van der Waals surface area contributed by atoms with Gasteiger partial charge in [-0.3, -0.25) is 9.69 Å². The molecule has 1 aliphatic rings. The first kappa shape index (κ1) is 19.4. The Labute approximate surface area is 160 Å². The predicted molar refractivity (Wildman–Crippen MR) is 103 cm³/mol. The first-order valence-electron chi connectivity index (χ1n) is 9.63. The molecule has 1 aromatic heterocycles. The summed E-state index contributed by atoms with van der Waals surface area (Å²) in [6.07, 6.45) is 1.85. The number of carbonyl (C=O) groups excluding carboxylic acids is 1. The summed E-state index contributed by atoms with van der Waals surface area (Å²) in [5, 5.41) is 11.3. The van der Waals surface area contributed by atoms with E-state index in [0.29, 0.717) is 19.0 Å². The SMILES string of the molecule is CCOc1ccc(NC(=O)CN2CCC(c3nnc(C(C)C)o3)CC2)cc1. The summed E-state index contributed by atoms with van der Waals surface area (Å²) in [5.74, 6) is 2.77. The summed E-state index contributed by atoms with van der Waals surface area (Å²) >= 11 is 0. The van der Waals surface area contributed by atoms with E-state index in [4.69, 9.17) is 9.15 Å². The highest BCUT2D eigenvalue weighted by atomic mass is 16.5. The molecule has 1 N–H and O–H groups in total. The number of nitrogens with one attached hydrogen (secondary N) is 1. The molecule has 146 valence electrons. The maximum absolute atomic E-state index is 12.3. The van der Waals surface area contributed by atoms with E-state index < -0.39 is 0 Å². The third-order valence-electron chi connectivity index (χ3n) is 4.70. The number of hydrogen-bond donors (Lipinski definition) is 1. The molecule has 1 amide bonds. The minimum atomic E-state index is -0.00232. The fraction of sp³-hybridized carbons (Fsp3) is 0.550. The Bertz CT molecular complexity index is 734. The maximum Gasteiger partial charge on any atom is 0.238 e. The van der Waals surface area contributed by atoms with Gasteiger partial charge in [0.05, 0.1) is 13.2 Å². The van der Waals surface area contributed by atoms with Crippen LogP contribution in [0.15, 0.2) is 28.7 Å². The fourth-order valence-corrected chi connectivity index (χ4v) is 3.19. The first-order chi connectivity index (χ1) is 13.0. The van der Waals surface area contributed by atoms with Gasteiger partial charge in [0.1, 0.15) is 5.75 Å². The largest absolute Gasteiger partial charge is 0.494 e. The molecule has 1 fully saturated rings. The van der Waals surface area contributed by atoms with Crippen molar-refractivity contribution >= 4 is 11.6 Å². The zero-order valence-electron chi connectivity index (χ0n) is 16.3. The lowest BCUT2D eigenvalue weighted by Gasteiger charge is -2.29. The van der Waals surface area contributed by atoms with E-state index in [1.54, 1.807) is 0 Å². The van der Waals surface area contributed by atoms with Gasteiger partial charge in [-0.1, -0.05) is 13.8 Å². The summed E-state index contributed by atoms with van der Waals surface area (Å²) in [6, 6.07) is 7.44. The second kappa shape index (κ2) is 8.99. The third kappa shape index (κ3) is 5.29. The number of anilines is 1. The number of rotatable bonds is 7. The summed E-state index contributed by atoms with van der Waals surface area (Å²) in [4.78, 5) is 14.5. The van der Waals surface area contributed by atoms with Gasteiger partial charge in [-0.25, -0.2) is 0 Å². The zero-order valence-corrected chi connectivity index (χ0v) is 16.3. The summed E-state index contributed by atoms with van der Waals surface area (Å²) < 4.78 is 11.2. The lowest BCUT2D eigenvalue weighted by molar-refractivity contribution is -0.117. The number of hydrogen-bond acceptors (Lipinski definition) is 6. The van der Waals surface area contributed by atoms with E-state index in [-0.39, 0.29) is 17.7 Å². The van der Waals surface area contributed by atoms with Gasteiger partial charge in [0.2, 0.25) is 17.7 Å². The van der Waals surface area contributed by atoms with Gasteiger partial charge in [0.25, 0.3) is 0 Å². The highest BCUT2D eigenvalue weighted by Crippen LogP contribution is 2.28. The lowest BCUT2D eigenvalue weighted by Crippen LogP contribution is -2.38. The average molecular weight is 372 g/mol. The Balaban J connectivity index is 1.44. The van der Waals surface area contributed by atoms with E-state index in [2.05, 4.69) is 20.4 Å². The van der Waals surface area contributed by atoms with Gasteiger partial charge in [-0.05, 0) is 57.1 Å². The van der Waals surface area contributed by atoms with Crippen LogP contribution >= 0.6 is 0 Å². The topological polar surface area (TPSA) is 80.5 Å². The van der Waals surface area contributed by atoms with Crippen molar-refractivity contribution in [1.82, 2.24) is 15.1 Å². The molecule has 0 aliphatic carbocycles. The first-order valence-corrected chi connectivity index (χ1v) is 9.63. The van der Waals surface area contributed by atoms with Crippen molar-refractivity contribution < 1.29 is 13.9 Å². The molecule has 1 saturated heterocycles. The average Bonchev–Trinajstić information content (AvgIpc) is 3.15. The molecule has 7 nitrogen and oxygen atoms in total. The van der Waals surface area contributed by atoms with Crippen LogP contribution in [-0.4, -0.2) is 47.2 Å². The molecular formula is C20H28N4O3. The number of aromatic nitrogens is 2. The van der Waals surface area contributed by atoms with Crippen LogP contribution in [0.2, 0.25) is 0 Å². The van der Waals surface area contributed by atoms with E-state index in [1.807, 2.05) is 45.0 Å². The van der Waals surface area contributed by atoms with E-state index in [0.717, 1.165) is 43.3 Å². The number of carbonyl (C=O) groups is 1. The Morgan fingerprint density at radius 1 is 1.26 bits per heavy atom. The highest BCUT2D eigenvalue weighted by Gasteiger charge is 2.26. The highest BCUT2D eigenvalue weighted by molar-refractivity contribution is 5.92. The van der Waals surface area contributed by atoms with Crippen molar-refractivity contribution in [2.75, 3.05) is 31.6 Å². The minimum absolute atomic E-state index is 0.00232. The van der Waals surface area contributed by atoms with Gasteiger partial charge in [0, 0.05) is 17.5 Å². The number of ether oxygens (including phenoxy) is 1. The Kier molecular flexibility index (Phi) is 6.45. The van der Waals surface area contributed by atoms with Crippen molar-refractivity contribution in [2.24, 2.45) is 0 Å². The molecule has 0 bridgehead atoms. The number of amides is 1. The summed E-state index contributed by atoms with van der Waals surface area (Å²) in [5.41, 5.74) is 0.783. The second-order valence-electron chi connectivity index (χ2n) is 7.19. The Morgan fingerprint density at radius 3 is 2.56 bits per heavy atom. The van der Waals surface area contributed by atoms with Crippen molar-refractivity contribution in [1.29, 1.82) is 0 Å². The zero-order chi connectivity index (χ0) is 19.2. The molecule has 0 unspecified atom stereocenters. The number of nitrogens with zero attached hydrogens (tertiary/aromatic N) is 3. The van der Waals surface area contributed by atoms with Gasteiger partial charge in [-0.2, -0.15) is 0 Å². The third-order valence-corrected chi connectivity index (χ3v) is 4.70. The Morgan fingerprint density at radius 2 is 1.96 bits per heavy atom. The van der Waals surface area contributed by atoms with E-state index >= 15 is 0 Å². The van der Waals surface area contributed by atoms with Crippen LogP contribution in [0.3, 0.4) is 0 Å². The molecule has 0 atom stereocenters. The normalized spacial score (nSPS) is 15.9. The molecule has 0 radical (unpaired) electrons. The predicted octanol–water partition coefficient (Wildman–Crippen LogP) is 3.41. The molecule has 2 heterocycles. The number of likely N-dealkylation sites (tertiary alicyclic amines) is 1. The molecule has 27 heavy (non-hydrogen) atoms. The Hall–Kier alpha value is -2.41. The molecule has 7 heteroatoms. The molecule has 3 rings (SSSR count). The quantitative estimate of drug-likeness (QED) is 0.802. The van der Waals surface area contributed by atoms with Crippen LogP contribution in [0, 0.1) is 0 Å². The van der Waals surface area contributed by atoms with Crippen LogP contribution in [0.25, 0.3) is 0 Å². The van der Waals surface area contributed by atoms with Gasteiger partial charge in [-0.15, -0.1) is 10.2 Å². The summed E-state index contributed by atoms with van der Waals surface area (Å²) in [7, 11) is 0. The van der Waals surface area contributed by atoms with E-state index in [1.165, 1.54) is 0 Å². The number of benzene rings is 1. The van der Waals surface area contributed by atoms with Crippen molar-refractivity contribution in [2.45, 2.75) is 45.4 Å². The van der Waals surface area contributed by atoms with E-state index in [9.17, 15) is 4.79 Å². The van der Waals surface area contributed by atoms with Crippen LogP contribution in [0.5, 0.6) is 5.75 Å². The standard InChI is InChI=1S/C20H28N4O3/c1-4-26-17-7-5-16(6-8-17)21-18(25)13-24-11-9-15(10-12-24)20-23-22-19(27-20)14(2)3/h5-8,14-15H,4,9-13H2,1-3H3,(H,21,25). The van der Waals surface area contributed by atoms with Gasteiger partial charge in [0.15, 0.2) is 0 Å². The van der Waals surface area contributed by atoms with Gasteiger partial charge >= 0.3 is 0 Å². The van der Waals surface area contributed by atoms with Gasteiger partial charge < -0.3 is 14.5 Å². The van der Waals surface area contributed by atoms with Crippen molar-refractivity contribution in [3.8, 4) is 5.75 Å². The molecule has 2 aromatic rings. The number of piperidine rings is 1. The smallest absolute Gasteiger partial charge is 0.238 e. The van der Waals surface area contributed by atoms with Crippen molar-refractivity contribution in [3.05, 3.63) is 36.0 Å². The monoisotopic (exact) mass is 372 g/mol. The van der Waals surface area contributed by atoms with Crippen LogP contribution in [0.4, 0.5) is 5.69 Å². The lowest BCUT2D eigenvalue weighted by atomic mass is 9.97. The fourth-order valence-electron chi connectivity index (χ4n) is 3.19. The molecule has 1 aromatic carbocycles. The molecule has 0 saturated carbocycles. The summed E-state index contributed by atoms with van der Waals surface area (Å²) in [6.45, 7) is 8.75. The van der Waals surface area contributed by atoms with Crippen molar-refractivity contribution in [3.63, 3.8) is 0 Å². The maximum atomic E-state index is 12.3. The van der Waals surface area contributed by atoms with Crippen LogP contribution in [0.1, 0.15) is 57.2 Å². The molecular weight excluding hydrogens is 344 g/mol. The molecule has 0 spiro atoms. The molecule has 1 aliphatic heterocycles. The second-order valence-corrected chi connectivity index (χ2v) is 7.19. The van der Waals surface area contributed by atoms with Crippen LogP contribution in [-0.2, 0) is 4.79 Å². The minimum Gasteiger partial charge on any atom is -0.494 e.